The van der Waals surface area contributed by atoms with Crippen LogP contribution in [0, 0.1) is 0 Å². The number of hydrogen-bond acceptors (Lipinski definition) is 6. The first-order valence-electron chi connectivity index (χ1n) is 6.79. The molecule has 1 aromatic rings. The van der Waals surface area contributed by atoms with E-state index in [9.17, 15) is 4.79 Å². The number of pyridine rings is 1. The molecule has 1 saturated heterocycles. The van der Waals surface area contributed by atoms with E-state index in [1.54, 1.807) is 18.3 Å². The number of nitrogens with one attached hydrogen (secondary N) is 2. The number of morpholine rings is 1. The van der Waals surface area contributed by atoms with E-state index in [0.29, 0.717) is 24.4 Å². The second kappa shape index (κ2) is 6.95. The number of rotatable bonds is 5. The van der Waals surface area contributed by atoms with Crippen molar-refractivity contribution < 1.29 is 19.0 Å². The second-order valence-electron chi connectivity index (χ2n) is 4.60. The summed E-state index contributed by atoms with van der Waals surface area (Å²) in [6.45, 7) is 2.02. The van der Waals surface area contributed by atoms with Gasteiger partial charge in [0.15, 0.2) is 0 Å². The maximum atomic E-state index is 12.3. The zero-order valence-corrected chi connectivity index (χ0v) is 12.5. The number of ether oxygens (including phenoxy) is 3. The summed E-state index contributed by atoms with van der Waals surface area (Å²) in [7, 11) is 4.38. The third kappa shape index (κ3) is 2.91. The van der Waals surface area contributed by atoms with Gasteiger partial charge >= 0.3 is 0 Å². The molecule has 1 atom stereocenters. The molecule has 7 heteroatoms. The van der Waals surface area contributed by atoms with E-state index in [2.05, 4.69) is 15.6 Å². The van der Waals surface area contributed by atoms with Gasteiger partial charge in [-0.1, -0.05) is 0 Å². The first-order valence-corrected chi connectivity index (χ1v) is 6.79. The smallest absolute Gasteiger partial charge is 0.285 e. The molecule has 2 rings (SSSR count). The Kier molecular flexibility index (Phi) is 5.24. The van der Waals surface area contributed by atoms with Crippen LogP contribution in [0.5, 0.6) is 0 Å². The van der Waals surface area contributed by atoms with Crippen molar-refractivity contribution in [2.45, 2.75) is 11.9 Å². The predicted molar refractivity (Wildman–Crippen MR) is 75.6 cm³/mol. The molecule has 1 aliphatic heterocycles. The number of aromatic nitrogens is 1. The largest absolute Gasteiger partial charge is 0.369 e. The summed E-state index contributed by atoms with van der Waals surface area (Å²) in [5.41, 5.74) is 1.18. The molecule has 2 heterocycles. The lowest BCUT2D eigenvalue weighted by molar-refractivity contribution is -0.216. The molecule has 1 unspecified atom stereocenters. The monoisotopic (exact) mass is 295 g/mol. The topological polar surface area (TPSA) is 81.7 Å². The summed E-state index contributed by atoms with van der Waals surface area (Å²) in [4.78, 5) is 16.7. The molecule has 1 fully saturated rings. The molecule has 0 radical (unpaired) electrons. The van der Waals surface area contributed by atoms with E-state index in [-0.39, 0.29) is 6.10 Å². The van der Waals surface area contributed by atoms with E-state index in [0.717, 1.165) is 6.54 Å². The average molecular weight is 295 g/mol. The Morgan fingerprint density at radius 3 is 2.86 bits per heavy atom. The number of nitrogens with zero attached hydrogens (tertiary/aromatic N) is 1. The van der Waals surface area contributed by atoms with Crippen LogP contribution in [0.4, 0.5) is 0 Å². The normalized spacial score (nSPS) is 19.3. The van der Waals surface area contributed by atoms with E-state index in [4.69, 9.17) is 14.2 Å². The van der Waals surface area contributed by atoms with Gasteiger partial charge in [0.2, 0.25) is 0 Å². The van der Waals surface area contributed by atoms with E-state index in [1.807, 2.05) is 0 Å². The van der Waals surface area contributed by atoms with Crippen LogP contribution in [0.2, 0.25) is 0 Å². The maximum absolute atomic E-state index is 12.3. The fourth-order valence-electron chi connectivity index (χ4n) is 2.47. The van der Waals surface area contributed by atoms with Crippen LogP contribution in [0.25, 0.3) is 0 Å². The molecule has 1 amide bonds. The molecule has 1 aromatic heterocycles. The molecule has 0 spiro atoms. The second-order valence-corrected chi connectivity index (χ2v) is 4.60. The minimum absolute atomic E-state index is 0.246. The average Bonchev–Trinajstić information content (AvgIpc) is 2.57. The van der Waals surface area contributed by atoms with Gasteiger partial charge in [-0.25, -0.2) is 0 Å². The number of amides is 1. The highest BCUT2D eigenvalue weighted by Gasteiger charge is 2.44. The van der Waals surface area contributed by atoms with Crippen molar-refractivity contribution in [2.75, 3.05) is 41.0 Å². The van der Waals surface area contributed by atoms with Crippen molar-refractivity contribution >= 4 is 5.91 Å². The first-order chi connectivity index (χ1) is 10.2. The summed E-state index contributed by atoms with van der Waals surface area (Å²) in [5.74, 6) is -1.94. The molecule has 0 aromatic carbocycles. The molecule has 116 valence electrons. The van der Waals surface area contributed by atoms with Crippen molar-refractivity contribution in [2.24, 2.45) is 0 Å². The molecule has 21 heavy (non-hydrogen) atoms. The van der Waals surface area contributed by atoms with Crippen LogP contribution in [0.1, 0.15) is 17.4 Å². The number of hydrogen-bond donors (Lipinski definition) is 2. The standard InChI is InChI=1S/C14H21N3O4/c1-15-13(18)14(19-2,20-3)10-5-4-6-17-12(10)11-9-16-7-8-21-11/h4-6,11,16H,7-9H2,1-3H3,(H,15,18). The Labute approximate surface area is 124 Å². The van der Waals surface area contributed by atoms with Gasteiger partial charge < -0.3 is 24.8 Å². The highest BCUT2D eigenvalue weighted by atomic mass is 16.7. The summed E-state index contributed by atoms with van der Waals surface area (Å²) >= 11 is 0. The van der Waals surface area contributed by atoms with Crippen molar-refractivity contribution in [1.29, 1.82) is 0 Å². The molecule has 0 saturated carbocycles. The van der Waals surface area contributed by atoms with Crippen molar-refractivity contribution in [1.82, 2.24) is 15.6 Å². The number of methoxy groups -OCH3 is 2. The Bertz CT molecular complexity index is 485. The molecule has 7 nitrogen and oxygen atoms in total. The Morgan fingerprint density at radius 1 is 1.52 bits per heavy atom. The molecule has 0 bridgehead atoms. The van der Waals surface area contributed by atoms with Crippen LogP contribution >= 0.6 is 0 Å². The van der Waals surface area contributed by atoms with Crippen LogP contribution in [-0.2, 0) is 24.8 Å². The fraction of sp³-hybridized carbons (Fsp3) is 0.571. The zero-order chi connectivity index (χ0) is 15.3. The number of likely N-dealkylation sites (N-methyl/N-ethyl adjacent to an activating group) is 1. The first kappa shape index (κ1) is 15.8. The third-order valence-electron chi connectivity index (χ3n) is 3.53. The molecule has 1 aliphatic rings. The van der Waals surface area contributed by atoms with E-state index < -0.39 is 11.7 Å². The van der Waals surface area contributed by atoms with Crippen LogP contribution in [0.3, 0.4) is 0 Å². The number of carbonyl (C=O) groups excluding carboxylic acids is 1. The quantitative estimate of drug-likeness (QED) is 0.740. The van der Waals surface area contributed by atoms with E-state index in [1.165, 1.54) is 21.3 Å². The van der Waals surface area contributed by atoms with Gasteiger partial charge in [0.05, 0.1) is 12.3 Å². The zero-order valence-electron chi connectivity index (χ0n) is 12.5. The van der Waals surface area contributed by atoms with Gasteiger partial charge in [0, 0.05) is 46.1 Å². The van der Waals surface area contributed by atoms with Crippen LogP contribution in [0.15, 0.2) is 18.3 Å². The summed E-state index contributed by atoms with van der Waals surface area (Å²) in [5, 5.41) is 5.81. The van der Waals surface area contributed by atoms with Gasteiger partial charge in [-0.2, -0.15) is 0 Å². The minimum atomic E-state index is -1.54. The Hall–Kier alpha value is -1.54. The Balaban J connectivity index is 2.48. The van der Waals surface area contributed by atoms with Crippen LogP contribution in [-0.4, -0.2) is 51.9 Å². The van der Waals surface area contributed by atoms with E-state index >= 15 is 0 Å². The summed E-state index contributed by atoms with van der Waals surface area (Å²) in [6, 6.07) is 3.51. The predicted octanol–water partition coefficient (Wildman–Crippen LogP) is -0.0659. The highest BCUT2D eigenvalue weighted by Crippen LogP contribution is 2.32. The number of carbonyl (C=O) groups is 1. The lowest BCUT2D eigenvalue weighted by atomic mass is 9.99. The molecular formula is C14H21N3O4. The van der Waals surface area contributed by atoms with Gasteiger partial charge in [-0.15, -0.1) is 0 Å². The van der Waals surface area contributed by atoms with Crippen molar-refractivity contribution in [3.8, 4) is 0 Å². The van der Waals surface area contributed by atoms with Crippen molar-refractivity contribution in [3.05, 3.63) is 29.6 Å². The summed E-state index contributed by atoms with van der Waals surface area (Å²) < 4.78 is 16.5. The van der Waals surface area contributed by atoms with Crippen molar-refractivity contribution in [3.63, 3.8) is 0 Å². The Morgan fingerprint density at radius 2 is 2.29 bits per heavy atom. The molecular weight excluding hydrogens is 274 g/mol. The van der Waals surface area contributed by atoms with Gasteiger partial charge in [-0.3, -0.25) is 9.78 Å². The van der Waals surface area contributed by atoms with Crippen LogP contribution < -0.4 is 10.6 Å². The molecule has 2 N–H and O–H groups in total. The third-order valence-corrected chi connectivity index (χ3v) is 3.53. The lowest BCUT2D eigenvalue weighted by Crippen LogP contribution is -2.47. The van der Waals surface area contributed by atoms with Gasteiger partial charge in [-0.05, 0) is 12.1 Å². The fourth-order valence-corrected chi connectivity index (χ4v) is 2.47. The summed E-state index contributed by atoms with van der Waals surface area (Å²) in [6.07, 6.45) is 1.42. The maximum Gasteiger partial charge on any atom is 0.285 e. The SMILES string of the molecule is CNC(=O)C(OC)(OC)c1cccnc1C1CNCCO1. The van der Waals surface area contributed by atoms with Gasteiger partial charge in [0.1, 0.15) is 6.10 Å². The van der Waals surface area contributed by atoms with Gasteiger partial charge in [0.25, 0.3) is 11.7 Å². The highest BCUT2D eigenvalue weighted by molar-refractivity contribution is 5.85. The lowest BCUT2D eigenvalue weighted by Gasteiger charge is -2.33. The minimum Gasteiger partial charge on any atom is -0.369 e. The molecule has 0 aliphatic carbocycles.